The number of primary amides is 1. The lowest BCUT2D eigenvalue weighted by Crippen LogP contribution is -2.16. The number of carbonyl (C=O) groups excluding carboxylic acids is 1. The Morgan fingerprint density at radius 2 is 2.19 bits per heavy atom. The molecule has 1 aromatic rings. The van der Waals surface area contributed by atoms with Crippen molar-refractivity contribution in [3.8, 4) is 5.75 Å². The SMILES string of the molecule is CNc1ccc(C(C)OC(N)=O)c(OC)c1. The lowest BCUT2D eigenvalue weighted by molar-refractivity contribution is 0.115. The summed E-state index contributed by atoms with van der Waals surface area (Å²) in [4.78, 5) is 10.7. The minimum Gasteiger partial charge on any atom is -0.496 e. The molecule has 1 amide bonds. The number of anilines is 1. The topological polar surface area (TPSA) is 73.6 Å². The molecule has 0 saturated carbocycles. The number of hydrogen-bond donors (Lipinski definition) is 2. The number of carbonyl (C=O) groups is 1. The minimum absolute atomic E-state index is 0.432. The summed E-state index contributed by atoms with van der Waals surface area (Å²) in [6.07, 6.45) is -1.23. The van der Waals surface area contributed by atoms with Crippen molar-refractivity contribution in [3.63, 3.8) is 0 Å². The van der Waals surface area contributed by atoms with Gasteiger partial charge in [-0.3, -0.25) is 0 Å². The van der Waals surface area contributed by atoms with Crippen molar-refractivity contribution < 1.29 is 14.3 Å². The van der Waals surface area contributed by atoms with Crippen molar-refractivity contribution in [3.05, 3.63) is 23.8 Å². The first-order valence-electron chi connectivity index (χ1n) is 4.90. The predicted octanol–water partition coefficient (Wildman–Crippen LogP) is 1.89. The van der Waals surface area contributed by atoms with Crippen molar-refractivity contribution in [2.45, 2.75) is 13.0 Å². The summed E-state index contributed by atoms with van der Waals surface area (Å²) in [5.74, 6) is 0.653. The summed E-state index contributed by atoms with van der Waals surface area (Å²) >= 11 is 0. The number of nitrogens with two attached hydrogens (primary N) is 1. The van der Waals surface area contributed by atoms with E-state index in [0.717, 1.165) is 11.3 Å². The first-order chi connectivity index (χ1) is 7.58. The fraction of sp³-hybridized carbons (Fsp3) is 0.364. The number of amides is 1. The van der Waals surface area contributed by atoms with Gasteiger partial charge in [0.15, 0.2) is 0 Å². The first-order valence-corrected chi connectivity index (χ1v) is 4.90. The van der Waals surface area contributed by atoms with Gasteiger partial charge < -0.3 is 20.5 Å². The van der Waals surface area contributed by atoms with Gasteiger partial charge in [-0.15, -0.1) is 0 Å². The molecule has 1 aromatic carbocycles. The van der Waals surface area contributed by atoms with Gasteiger partial charge in [-0.1, -0.05) is 0 Å². The van der Waals surface area contributed by atoms with Crippen LogP contribution in [0.2, 0.25) is 0 Å². The average Bonchev–Trinajstić information content (AvgIpc) is 2.27. The molecule has 16 heavy (non-hydrogen) atoms. The highest BCUT2D eigenvalue weighted by molar-refractivity contribution is 5.65. The highest BCUT2D eigenvalue weighted by Crippen LogP contribution is 2.29. The van der Waals surface area contributed by atoms with Crippen molar-refractivity contribution in [2.75, 3.05) is 19.5 Å². The lowest BCUT2D eigenvalue weighted by atomic mass is 10.1. The molecule has 1 atom stereocenters. The summed E-state index contributed by atoms with van der Waals surface area (Å²) in [5, 5.41) is 3.00. The van der Waals surface area contributed by atoms with E-state index in [1.54, 1.807) is 14.0 Å². The summed E-state index contributed by atoms with van der Waals surface area (Å²) < 4.78 is 10.1. The van der Waals surface area contributed by atoms with E-state index < -0.39 is 12.2 Å². The Morgan fingerprint density at radius 1 is 1.50 bits per heavy atom. The number of ether oxygens (including phenoxy) is 2. The molecule has 0 heterocycles. The smallest absolute Gasteiger partial charge is 0.405 e. The van der Waals surface area contributed by atoms with Crippen LogP contribution in [0.5, 0.6) is 5.75 Å². The second kappa shape index (κ2) is 5.25. The molecule has 0 aliphatic carbocycles. The standard InChI is InChI=1S/C11H16N2O3/c1-7(16-11(12)14)9-5-4-8(13-2)6-10(9)15-3/h4-7,13H,1-3H3,(H2,12,14). The fourth-order valence-corrected chi connectivity index (χ4v) is 1.44. The van der Waals surface area contributed by atoms with E-state index in [2.05, 4.69) is 5.32 Å². The van der Waals surface area contributed by atoms with Gasteiger partial charge in [0.1, 0.15) is 11.9 Å². The number of hydrogen-bond acceptors (Lipinski definition) is 4. The molecule has 0 spiro atoms. The van der Waals surface area contributed by atoms with Gasteiger partial charge >= 0.3 is 6.09 Å². The lowest BCUT2D eigenvalue weighted by Gasteiger charge is -2.16. The Hall–Kier alpha value is -1.91. The second-order valence-electron chi connectivity index (χ2n) is 3.29. The third kappa shape index (κ3) is 2.79. The number of benzene rings is 1. The Morgan fingerprint density at radius 3 is 2.69 bits per heavy atom. The molecule has 88 valence electrons. The molecular formula is C11H16N2O3. The van der Waals surface area contributed by atoms with Crippen LogP contribution in [0.1, 0.15) is 18.6 Å². The number of nitrogens with one attached hydrogen (secondary N) is 1. The van der Waals surface area contributed by atoms with Gasteiger partial charge in [0.05, 0.1) is 7.11 Å². The van der Waals surface area contributed by atoms with Crippen LogP contribution < -0.4 is 15.8 Å². The normalized spacial score (nSPS) is 11.7. The van der Waals surface area contributed by atoms with Crippen molar-refractivity contribution >= 4 is 11.8 Å². The first kappa shape index (κ1) is 12.2. The largest absolute Gasteiger partial charge is 0.496 e. The van der Waals surface area contributed by atoms with E-state index in [1.165, 1.54) is 0 Å². The molecule has 5 heteroatoms. The predicted molar refractivity (Wildman–Crippen MR) is 61.6 cm³/mol. The van der Waals surface area contributed by atoms with Crippen LogP contribution in [-0.4, -0.2) is 20.3 Å². The van der Waals surface area contributed by atoms with E-state index in [4.69, 9.17) is 15.2 Å². The summed E-state index contributed by atoms with van der Waals surface area (Å²) in [5.41, 5.74) is 6.67. The van der Waals surface area contributed by atoms with Crippen molar-refractivity contribution in [2.24, 2.45) is 5.73 Å². The quantitative estimate of drug-likeness (QED) is 0.819. The second-order valence-corrected chi connectivity index (χ2v) is 3.29. The zero-order valence-electron chi connectivity index (χ0n) is 9.61. The molecule has 0 bridgehead atoms. The van der Waals surface area contributed by atoms with Gasteiger partial charge in [-0.25, -0.2) is 4.79 Å². The van der Waals surface area contributed by atoms with Crippen LogP contribution in [0.3, 0.4) is 0 Å². The molecule has 0 aliphatic rings. The fourth-order valence-electron chi connectivity index (χ4n) is 1.44. The van der Waals surface area contributed by atoms with Gasteiger partial charge in [-0.05, 0) is 19.1 Å². The van der Waals surface area contributed by atoms with E-state index in [1.807, 2.05) is 25.2 Å². The van der Waals surface area contributed by atoms with Gasteiger partial charge in [0.25, 0.3) is 0 Å². The molecule has 0 radical (unpaired) electrons. The van der Waals surface area contributed by atoms with Crippen LogP contribution in [0.15, 0.2) is 18.2 Å². The maximum absolute atomic E-state index is 10.7. The summed E-state index contributed by atoms with van der Waals surface area (Å²) in [6, 6.07) is 5.53. The van der Waals surface area contributed by atoms with E-state index in [0.29, 0.717) is 5.75 Å². The molecule has 0 aromatic heterocycles. The van der Waals surface area contributed by atoms with Gasteiger partial charge in [0.2, 0.25) is 0 Å². The van der Waals surface area contributed by atoms with Gasteiger partial charge in [-0.2, -0.15) is 0 Å². The van der Waals surface area contributed by atoms with Gasteiger partial charge in [0, 0.05) is 24.4 Å². The third-order valence-corrected chi connectivity index (χ3v) is 2.25. The minimum atomic E-state index is -0.799. The van der Waals surface area contributed by atoms with Crippen LogP contribution in [0, 0.1) is 0 Å². The molecular weight excluding hydrogens is 208 g/mol. The number of methoxy groups -OCH3 is 1. The van der Waals surface area contributed by atoms with Crippen molar-refractivity contribution in [1.29, 1.82) is 0 Å². The zero-order chi connectivity index (χ0) is 12.1. The maximum atomic E-state index is 10.7. The monoisotopic (exact) mass is 224 g/mol. The van der Waals surface area contributed by atoms with E-state index >= 15 is 0 Å². The Kier molecular flexibility index (Phi) is 3.99. The average molecular weight is 224 g/mol. The Bertz CT molecular complexity index is 379. The van der Waals surface area contributed by atoms with Crippen molar-refractivity contribution in [1.82, 2.24) is 0 Å². The highest BCUT2D eigenvalue weighted by Gasteiger charge is 2.14. The summed E-state index contributed by atoms with van der Waals surface area (Å²) in [7, 11) is 3.38. The zero-order valence-corrected chi connectivity index (χ0v) is 9.61. The molecule has 3 N–H and O–H groups in total. The maximum Gasteiger partial charge on any atom is 0.405 e. The molecule has 0 fully saturated rings. The van der Waals surface area contributed by atoms with Crippen LogP contribution in [0.4, 0.5) is 10.5 Å². The van der Waals surface area contributed by atoms with Crippen LogP contribution >= 0.6 is 0 Å². The summed E-state index contributed by atoms with van der Waals surface area (Å²) in [6.45, 7) is 1.74. The van der Waals surface area contributed by atoms with Crippen LogP contribution in [-0.2, 0) is 4.74 Å². The highest BCUT2D eigenvalue weighted by atomic mass is 16.6. The Labute approximate surface area is 94.5 Å². The molecule has 0 saturated heterocycles. The Balaban J connectivity index is 2.98. The van der Waals surface area contributed by atoms with E-state index in [-0.39, 0.29) is 0 Å². The molecule has 5 nitrogen and oxygen atoms in total. The third-order valence-electron chi connectivity index (χ3n) is 2.25. The van der Waals surface area contributed by atoms with E-state index in [9.17, 15) is 4.79 Å². The number of rotatable bonds is 4. The molecule has 1 unspecified atom stereocenters. The molecule has 1 rings (SSSR count). The van der Waals surface area contributed by atoms with Crippen LogP contribution in [0.25, 0.3) is 0 Å². The molecule has 0 aliphatic heterocycles.